The zero-order valence-corrected chi connectivity index (χ0v) is 10.5. The number of aromatic nitrogens is 1. The lowest BCUT2D eigenvalue weighted by Gasteiger charge is -2.21. The summed E-state index contributed by atoms with van der Waals surface area (Å²) in [7, 11) is 1.60. The summed E-state index contributed by atoms with van der Waals surface area (Å²) >= 11 is 5.76. The zero-order valence-electron chi connectivity index (χ0n) is 9.72. The third-order valence-electron chi connectivity index (χ3n) is 2.25. The van der Waals surface area contributed by atoms with Crippen LogP contribution in [-0.2, 0) is 4.74 Å². The van der Waals surface area contributed by atoms with Gasteiger partial charge < -0.3 is 9.64 Å². The fraction of sp³-hybridized carbons (Fsp3) is 0.500. The van der Waals surface area contributed by atoms with E-state index in [1.807, 2.05) is 11.8 Å². The standard InChI is InChI=1S/C10H14ClN3O3/c1-3-13(4-5-17-2)10-7-8(14(15)16)6-9(11)12-10/h6-7H,3-5H2,1-2H3. The second-order valence-electron chi connectivity index (χ2n) is 3.34. The summed E-state index contributed by atoms with van der Waals surface area (Å²) in [5.41, 5.74) is -0.0594. The van der Waals surface area contributed by atoms with Crippen LogP contribution in [0, 0.1) is 10.1 Å². The van der Waals surface area contributed by atoms with Crippen molar-refractivity contribution in [3.05, 3.63) is 27.4 Å². The minimum absolute atomic E-state index is 0.0594. The average Bonchev–Trinajstić information content (AvgIpc) is 2.29. The summed E-state index contributed by atoms with van der Waals surface area (Å²) in [4.78, 5) is 16.2. The molecule has 0 unspecified atom stereocenters. The van der Waals surface area contributed by atoms with E-state index in [1.54, 1.807) is 7.11 Å². The van der Waals surface area contributed by atoms with Gasteiger partial charge in [0, 0.05) is 20.2 Å². The molecule has 1 aromatic rings. The van der Waals surface area contributed by atoms with E-state index in [0.29, 0.717) is 25.5 Å². The first kappa shape index (κ1) is 13.7. The first-order valence-electron chi connectivity index (χ1n) is 5.14. The molecule has 94 valence electrons. The average molecular weight is 260 g/mol. The van der Waals surface area contributed by atoms with Crippen molar-refractivity contribution in [3.63, 3.8) is 0 Å². The van der Waals surface area contributed by atoms with Gasteiger partial charge in [-0.3, -0.25) is 10.1 Å². The van der Waals surface area contributed by atoms with Gasteiger partial charge in [0.1, 0.15) is 11.0 Å². The Balaban J connectivity index is 2.98. The Hall–Kier alpha value is -1.40. The molecule has 0 aromatic carbocycles. The molecule has 1 rings (SSSR count). The van der Waals surface area contributed by atoms with Crippen LogP contribution in [0.25, 0.3) is 0 Å². The molecule has 7 heteroatoms. The molecular weight excluding hydrogens is 246 g/mol. The number of likely N-dealkylation sites (N-methyl/N-ethyl adjacent to an activating group) is 1. The zero-order chi connectivity index (χ0) is 12.8. The van der Waals surface area contributed by atoms with Crippen LogP contribution in [0.3, 0.4) is 0 Å². The van der Waals surface area contributed by atoms with E-state index in [2.05, 4.69) is 4.98 Å². The van der Waals surface area contributed by atoms with E-state index in [-0.39, 0.29) is 10.8 Å². The lowest BCUT2D eigenvalue weighted by Crippen LogP contribution is -2.27. The highest BCUT2D eigenvalue weighted by atomic mass is 35.5. The van der Waals surface area contributed by atoms with Crippen LogP contribution in [-0.4, -0.2) is 36.7 Å². The van der Waals surface area contributed by atoms with Crippen LogP contribution in [0.5, 0.6) is 0 Å². The number of hydrogen-bond donors (Lipinski definition) is 0. The highest BCUT2D eigenvalue weighted by Gasteiger charge is 2.14. The van der Waals surface area contributed by atoms with Crippen molar-refractivity contribution in [2.45, 2.75) is 6.92 Å². The maximum absolute atomic E-state index is 10.7. The molecule has 0 aliphatic heterocycles. The van der Waals surface area contributed by atoms with Crippen LogP contribution >= 0.6 is 11.6 Å². The van der Waals surface area contributed by atoms with Gasteiger partial charge in [-0.1, -0.05) is 11.6 Å². The number of ether oxygens (including phenoxy) is 1. The van der Waals surface area contributed by atoms with Gasteiger partial charge in [-0.25, -0.2) is 4.98 Å². The van der Waals surface area contributed by atoms with Crippen LogP contribution in [0.2, 0.25) is 5.15 Å². The van der Waals surface area contributed by atoms with Crippen molar-refractivity contribution < 1.29 is 9.66 Å². The maximum atomic E-state index is 10.7. The number of pyridine rings is 1. The summed E-state index contributed by atoms with van der Waals surface area (Å²) in [6.45, 7) is 3.74. The molecule has 0 atom stereocenters. The van der Waals surface area contributed by atoms with Crippen LogP contribution in [0.4, 0.5) is 11.5 Å². The first-order valence-corrected chi connectivity index (χ1v) is 5.52. The molecule has 0 aliphatic carbocycles. The third kappa shape index (κ3) is 3.83. The van der Waals surface area contributed by atoms with Crippen LogP contribution < -0.4 is 4.90 Å². The maximum Gasteiger partial charge on any atom is 0.276 e. The smallest absolute Gasteiger partial charge is 0.276 e. The Bertz CT molecular complexity index is 400. The predicted octanol–water partition coefficient (Wildman–Crippen LogP) is 2.12. The van der Waals surface area contributed by atoms with Crippen molar-refractivity contribution in [2.75, 3.05) is 31.7 Å². The summed E-state index contributed by atoms with van der Waals surface area (Å²) < 4.78 is 4.97. The normalized spacial score (nSPS) is 10.3. The third-order valence-corrected chi connectivity index (χ3v) is 2.44. The topological polar surface area (TPSA) is 68.5 Å². The van der Waals surface area contributed by atoms with Gasteiger partial charge in [-0.05, 0) is 6.92 Å². The van der Waals surface area contributed by atoms with Gasteiger partial charge in [0.25, 0.3) is 5.69 Å². The van der Waals surface area contributed by atoms with Gasteiger partial charge in [0.05, 0.1) is 23.7 Å². The van der Waals surface area contributed by atoms with Crippen LogP contribution in [0.15, 0.2) is 12.1 Å². The largest absolute Gasteiger partial charge is 0.383 e. The summed E-state index contributed by atoms with van der Waals surface area (Å²) in [5.74, 6) is 0.490. The number of halogens is 1. The van der Waals surface area contributed by atoms with Gasteiger partial charge in [-0.2, -0.15) is 0 Å². The van der Waals surface area contributed by atoms with Gasteiger partial charge in [0.2, 0.25) is 0 Å². The number of methoxy groups -OCH3 is 1. The molecular formula is C10H14ClN3O3. The minimum Gasteiger partial charge on any atom is -0.383 e. The number of nitrogens with zero attached hydrogens (tertiary/aromatic N) is 3. The highest BCUT2D eigenvalue weighted by Crippen LogP contribution is 2.22. The monoisotopic (exact) mass is 259 g/mol. The van der Waals surface area contributed by atoms with E-state index in [0.717, 1.165) is 0 Å². The number of anilines is 1. The lowest BCUT2D eigenvalue weighted by atomic mass is 10.3. The summed E-state index contributed by atoms with van der Waals surface area (Å²) in [5, 5.41) is 10.8. The molecule has 0 fully saturated rings. The Kier molecular flexibility index (Phi) is 5.11. The Labute approximate surface area is 104 Å². The Morgan fingerprint density at radius 2 is 2.29 bits per heavy atom. The molecule has 0 aliphatic rings. The summed E-state index contributed by atoms with van der Waals surface area (Å²) in [6.07, 6.45) is 0. The van der Waals surface area contributed by atoms with Gasteiger partial charge in [-0.15, -0.1) is 0 Å². The molecule has 0 amide bonds. The van der Waals surface area contributed by atoms with E-state index in [1.165, 1.54) is 12.1 Å². The number of rotatable bonds is 6. The molecule has 17 heavy (non-hydrogen) atoms. The van der Waals surface area contributed by atoms with Crippen molar-refractivity contribution in [3.8, 4) is 0 Å². The van der Waals surface area contributed by atoms with Crippen molar-refractivity contribution in [2.24, 2.45) is 0 Å². The van der Waals surface area contributed by atoms with E-state index in [4.69, 9.17) is 16.3 Å². The molecule has 0 N–H and O–H groups in total. The fourth-order valence-electron chi connectivity index (χ4n) is 1.37. The summed E-state index contributed by atoms with van der Waals surface area (Å²) in [6, 6.07) is 2.64. The van der Waals surface area contributed by atoms with Crippen molar-refractivity contribution >= 4 is 23.1 Å². The first-order chi connectivity index (χ1) is 8.08. The van der Waals surface area contributed by atoms with Crippen molar-refractivity contribution in [1.82, 2.24) is 4.98 Å². The quantitative estimate of drug-likeness (QED) is 0.445. The second kappa shape index (κ2) is 6.36. The van der Waals surface area contributed by atoms with Gasteiger partial charge >= 0.3 is 0 Å². The molecule has 1 heterocycles. The van der Waals surface area contributed by atoms with E-state index >= 15 is 0 Å². The minimum atomic E-state index is -0.485. The molecule has 0 radical (unpaired) electrons. The van der Waals surface area contributed by atoms with E-state index < -0.39 is 4.92 Å². The Morgan fingerprint density at radius 1 is 1.59 bits per heavy atom. The van der Waals surface area contributed by atoms with Gasteiger partial charge in [0.15, 0.2) is 0 Å². The molecule has 0 saturated carbocycles. The highest BCUT2D eigenvalue weighted by molar-refractivity contribution is 6.29. The molecule has 6 nitrogen and oxygen atoms in total. The lowest BCUT2D eigenvalue weighted by molar-refractivity contribution is -0.384. The Morgan fingerprint density at radius 3 is 2.82 bits per heavy atom. The van der Waals surface area contributed by atoms with E-state index in [9.17, 15) is 10.1 Å². The van der Waals surface area contributed by atoms with Crippen molar-refractivity contribution in [1.29, 1.82) is 0 Å². The SMILES string of the molecule is CCN(CCOC)c1cc([N+](=O)[O-])cc(Cl)n1. The fourth-order valence-corrected chi connectivity index (χ4v) is 1.57. The number of hydrogen-bond acceptors (Lipinski definition) is 5. The second-order valence-corrected chi connectivity index (χ2v) is 3.72. The number of nitro groups is 1. The van der Waals surface area contributed by atoms with Crippen LogP contribution in [0.1, 0.15) is 6.92 Å². The molecule has 0 spiro atoms. The molecule has 0 bridgehead atoms. The predicted molar refractivity (Wildman–Crippen MR) is 65.7 cm³/mol. The molecule has 1 aromatic heterocycles. The molecule has 0 saturated heterocycles.